The van der Waals surface area contributed by atoms with Gasteiger partial charge in [0.25, 0.3) is 0 Å². The Labute approximate surface area is 153 Å². The summed E-state index contributed by atoms with van der Waals surface area (Å²) in [6.45, 7) is 1.84. The van der Waals surface area contributed by atoms with E-state index in [4.69, 9.17) is 4.74 Å². The van der Waals surface area contributed by atoms with Crippen molar-refractivity contribution >= 4 is 17.7 Å². The van der Waals surface area contributed by atoms with Crippen molar-refractivity contribution in [3.8, 4) is 0 Å². The Balaban J connectivity index is 1.29. The highest BCUT2D eigenvalue weighted by atomic mass is 16.5. The zero-order chi connectivity index (χ0) is 17.8. The van der Waals surface area contributed by atoms with Crippen LogP contribution in [0.1, 0.15) is 44.9 Å². The Bertz CT molecular complexity index is 630. The van der Waals surface area contributed by atoms with E-state index >= 15 is 0 Å². The average molecular weight is 361 g/mol. The number of piperazine rings is 1. The Kier molecular flexibility index (Phi) is 3.95. The smallest absolute Gasteiger partial charge is 0.248 e. The second-order valence-electron chi connectivity index (χ2n) is 8.59. The molecule has 2 saturated carbocycles. The Morgan fingerprint density at radius 2 is 1.65 bits per heavy atom. The molecule has 5 aliphatic rings. The van der Waals surface area contributed by atoms with Gasteiger partial charge in [-0.3, -0.25) is 14.4 Å². The summed E-state index contributed by atoms with van der Waals surface area (Å²) in [5.41, 5.74) is 0. The fraction of sp³-hybridized carbons (Fsp3) is 0.842. The lowest BCUT2D eigenvalue weighted by Gasteiger charge is -2.41. The van der Waals surface area contributed by atoms with E-state index in [0.29, 0.717) is 32.0 Å². The predicted octanol–water partition coefficient (Wildman–Crippen LogP) is 0.282. The van der Waals surface area contributed by atoms with E-state index in [0.717, 1.165) is 25.7 Å². The second-order valence-corrected chi connectivity index (χ2v) is 8.59. The molecular formula is C19H27N3O4. The standard InChI is InChI=1S/C19H27N3O4/c23-17(12-2-1-3-12)20-13-6-8-21-15(13)18(24)22-9-7-14(16(22)19(21)25)26-10-11-4-5-11/h11-16H,1-10H2,(H,20,23)/t13-,14+,15-,16-/m0/s1. The summed E-state index contributed by atoms with van der Waals surface area (Å²) in [5, 5.41) is 3.06. The van der Waals surface area contributed by atoms with Crippen molar-refractivity contribution in [2.75, 3.05) is 19.7 Å². The molecule has 0 aromatic rings. The molecule has 0 bridgehead atoms. The highest BCUT2D eigenvalue weighted by Gasteiger charge is 2.56. The molecule has 3 heterocycles. The van der Waals surface area contributed by atoms with Crippen LogP contribution in [0.3, 0.4) is 0 Å². The van der Waals surface area contributed by atoms with E-state index in [-0.39, 0.29) is 35.8 Å². The molecule has 2 aliphatic carbocycles. The first-order valence-corrected chi connectivity index (χ1v) is 10.2. The minimum Gasteiger partial charge on any atom is -0.375 e. The molecule has 5 fully saturated rings. The fourth-order valence-corrected chi connectivity index (χ4v) is 4.83. The molecule has 5 rings (SSSR count). The zero-order valence-electron chi connectivity index (χ0n) is 15.1. The number of hydrogen-bond acceptors (Lipinski definition) is 4. The van der Waals surface area contributed by atoms with E-state index in [1.165, 1.54) is 12.8 Å². The van der Waals surface area contributed by atoms with Gasteiger partial charge in [-0.25, -0.2) is 0 Å². The zero-order valence-corrected chi connectivity index (χ0v) is 15.1. The second kappa shape index (κ2) is 6.22. The summed E-state index contributed by atoms with van der Waals surface area (Å²) >= 11 is 0. The number of nitrogens with one attached hydrogen (secondary N) is 1. The van der Waals surface area contributed by atoms with Crippen molar-refractivity contribution < 1.29 is 19.1 Å². The van der Waals surface area contributed by atoms with Crippen molar-refractivity contribution in [3.63, 3.8) is 0 Å². The highest BCUT2D eigenvalue weighted by molar-refractivity contribution is 5.99. The first-order valence-electron chi connectivity index (χ1n) is 10.2. The van der Waals surface area contributed by atoms with Crippen LogP contribution in [-0.4, -0.2) is 71.4 Å². The minimum atomic E-state index is -0.523. The summed E-state index contributed by atoms with van der Waals surface area (Å²) < 4.78 is 6.00. The van der Waals surface area contributed by atoms with Gasteiger partial charge >= 0.3 is 0 Å². The van der Waals surface area contributed by atoms with Crippen molar-refractivity contribution in [2.24, 2.45) is 11.8 Å². The van der Waals surface area contributed by atoms with Gasteiger partial charge in [0.2, 0.25) is 17.7 Å². The summed E-state index contributed by atoms with van der Waals surface area (Å²) in [6.07, 6.45) is 6.63. The summed E-state index contributed by atoms with van der Waals surface area (Å²) in [4.78, 5) is 41.9. The van der Waals surface area contributed by atoms with Gasteiger partial charge in [-0.1, -0.05) is 6.42 Å². The summed E-state index contributed by atoms with van der Waals surface area (Å²) in [5.74, 6) is 0.789. The van der Waals surface area contributed by atoms with Crippen molar-refractivity contribution in [1.82, 2.24) is 15.1 Å². The van der Waals surface area contributed by atoms with Crippen LogP contribution in [0.25, 0.3) is 0 Å². The lowest BCUT2D eigenvalue weighted by Crippen LogP contribution is -2.66. The van der Waals surface area contributed by atoms with Crippen LogP contribution in [0.2, 0.25) is 0 Å². The average Bonchev–Trinajstić information content (AvgIpc) is 3.14. The molecule has 3 aliphatic heterocycles. The third kappa shape index (κ3) is 2.63. The number of hydrogen-bond donors (Lipinski definition) is 1. The number of amides is 3. The first kappa shape index (κ1) is 16.5. The van der Waals surface area contributed by atoms with Gasteiger partial charge in [0, 0.05) is 25.6 Å². The van der Waals surface area contributed by atoms with Gasteiger partial charge in [-0.05, 0) is 44.4 Å². The van der Waals surface area contributed by atoms with E-state index in [1.54, 1.807) is 9.80 Å². The van der Waals surface area contributed by atoms with Gasteiger partial charge < -0.3 is 19.9 Å². The van der Waals surface area contributed by atoms with Crippen LogP contribution in [0.15, 0.2) is 0 Å². The first-order chi connectivity index (χ1) is 12.6. The van der Waals surface area contributed by atoms with Gasteiger partial charge in [-0.2, -0.15) is 0 Å². The molecule has 1 N–H and O–H groups in total. The van der Waals surface area contributed by atoms with Gasteiger partial charge in [-0.15, -0.1) is 0 Å². The maximum absolute atomic E-state index is 13.1. The number of rotatable bonds is 5. The Morgan fingerprint density at radius 1 is 0.962 bits per heavy atom. The van der Waals surface area contributed by atoms with Crippen LogP contribution in [0.4, 0.5) is 0 Å². The Hall–Kier alpha value is -1.63. The third-order valence-corrected chi connectivity index (χ3v) is 6.86. The van der Waals surface area contributed by atoms with Gasteiger partial charge in [0.05, 0.1) is 12.1 Å². The topological polar surface area (TPSA) is 79.0 Å². The van der Waals surface area contributed by atoms with E-state index in [1.807, 2.05) is 0 Å². The SMILES string of the molecule is O=C(N[C@H]1CCN2C(=O)[C@@H]3[C@H](OCC4CC4)CCN3C(=O)[C@H]12)C1CCC1. The number of nitrogens with zero attached hydrogens (tertiary/aromatic N) is 2. The molecule has 142 valence electrons. The molecule has 4 atom stereocenters. The molecule has 0 aromatic heterocycles. The molecule has 0 spiro atoms. The lowest BCUT2D eigenvalue weighted by atomic mass is 9.84. The molecule has 0 aromatic carbocycles. The fourth-order valence-electron chi connectivity index (χ4n) is 4.83. The quantitative estimate of drug-likeness (QED) is 0.763. The third-order valence-electron chi connectivity index (χ3n) is 6.86. The monoisotopic (exact) mass is 361 g/mol. The van der Waals surface area contributed by atoms with Gasteiger partial charge in [0.1, 0.15) is 12.1 Å². The minimum absolute atomic E-state index is 0.00768. The lowest BCUT2D eigenvalue weighted by molar-refractivity contribution is -0.161. The molecule has 3 saturated heterocycles. The largest absolute Gasteiger partial charge is 0.375 e. The van der Waals surface area contributed by atoms with Crippen LogP contribution >= 0.6 is 0 Å². The van der Waals surface area contributed by atoms with Crippen molar-refractivity contribution in [2.45, 2.75) is 69.2 Å². The van der Waals surface area contributed by atoms with E-state index in [2.05, 4.69) is 5.32 Å². The van der Waals surface area contributed by atoms with E-state index < -0.39 is 12.1 Å². The van der Waals surface area contributed by atoms with E-state index in [9.17, 15) is 14.4 Å². The molecule has 0 radical (unpaired) electrons. The van der Waals surface area contributed by atoms with Crippen LogP contribution < -0.4 is 5.32 Å². The normalized spacial score (nSPS) is 36.8. The maximum Gasteiger partial charge on any atom is 0.248 e. The predicted molar refractivity (Wildman–Crippen MR) is 92.0 cm³/mol. The Morgan fingerprint density at radius 3 is 2.35 bits per heavy atom. The molecule has 3 amide bonds. The van der Waals surface area contributed by atoms with Crippen LogP contribution in [0.5, 0.6) is 0 Å². The van der Waals surface area contributed by atoms with Crippen molar-refractivity contribution in [3.05, 3.63) is 0 Å². The molecule has 0 unspecified atom stereocenters. The number of carbonyl (C=O) groups excluding carboxylic acids is 3. The van der Waals surface area contributed by atoms with Gasteiger partial charge in [0.15, 0.2) is 0 Å². The van der Waals surface area contributed by atoms with Crippen molar-refractivity contribution in [1.29, 1.82) is 0 Å². The molecular weight excluding hydrogens is 334 g/mol. The number of carbonyl (C=O) groups is 3. The molecule has 26 heavy (non-hydrogen) atoms. The number of fused-ring (bicyclic) bond motifs is 2. The van der Waals surface area contributed by atoms with Crippen LogP contribution in [0, 0.1) is 11.8 Å². The molecule has 7 heteroatoms. The number of ether oxygens (including phenoxy) is 1. The van der Waals surface area contributed by atoms with Crippen LogP contribution in [-0.2, 0) is 19.1 Å². The maximum atomic E-state index is 13.1. The summed E-state index contributed by atoms with van der Waals surface area (Å²) in [6, 6.07) is -1.23. The highest BCUT2D eigenvalue weighted by Crippen LogP contribution is 2.36. The molecule has 7 nitrogen and oxygen atoms in total. The summed E-state index contributed by atoms with van der Waals surface area (Å²) in [7, 11) is 0.